The molecule has 5 saturated carbocycles. The lowest BCUT2D eigenvalue weighted by Crippen LogP contribution is -2.62. The van der Waals surface area contributed by atoms with Crippen LogP contribution in [0.5, 0.6) is 0 Å². The molecule has 5 aliphatic carbocycles. The van der Waals surface area contributed by atoms with Gasteiger partial charge in [-0.2, -0.15) is 0 Å². The molecule has 132 valence electrons. The van der Waals surface area contributed by atoms with E-state index in [2.05, 4.69) is 29.8 Å². The lowest BCUT2D eigenvalue weighted by Gasteiger charge is -2.60. The first-order chi connectivity index (χ1) is 11.3. The van der Waals surface area contributed by atoms with Crippen molar-refractivity contribution in [2.24, 2.45) is 40.4 Å². The van der Waals surface area contributed by atoms with Crippen LogP contribution < -0.4 is 0 Å². The van der Waals surface area contributed by atoms with E-state index < -0.39 is 0 Å². The van der Waals surface area contributed by atoms with Gasteiger partial charge in [0, 0.05) is 28.0 Å². The Morgan fingerprint density at radius 3 is 2.83 bits per heavy atom. The quantitative estimate of drug-likeness (QED) is 0.506. The zero-order valence-corrected chi connectivity index (χ0v) is 16.1. The van der Waals surface area contributed by atoms with Crippen LogP contribution in [-0.2, 0) is 9.53 Å². The second-order valence-corrected chi connectivity index (χ2v) is 11.3. The molecule has 6 rings (SSSR count). The summed E-state index contributed by atoms with van der Waals surface area (Å²) in [6.07, 6.45) is 6.23. The first-order valence-electron chi connectivity index (χ1n) is 9.88. The Balaban J connectivity index is 1.45. The Hall–Kier alpha value is 0.0700. The van der Waals surface area contributed by atoms with E-state index in [4.69, 9.17) is 4.74 Å². The van der Waals surface area contributed by atoms with Gasteiger partial charge in [0.25, 0.3) is 0 Å². The van der Waals surface area contributed by atoms with Gasteiger partial charge in [0.15, 0.2) is 0 Å². The van der Waals surface area contributed by atoms with Crippen molar-refractivity contribution >= 4 is 21.7 Å². The van der Waals surface area contributed by atoms with Gasteiger partial charge in [-0.15, -0.1) is 0 Å². The van der Waals surface area contributed by atoms with E-state index in [1.54, 1.807) is 0 Å². The molecule has 6 aliphatic rings. The smallest absolute Gasteiger partial charge is 0.142 e. The maximum Gasteiger partial charge on any atom is 0.142 e. The number of carbonyl (C=O) groups excluding carboxylic acids is 1. The molecular weight excluding hydrogens is 368 g/mol. The largest absolute Gasteiger partial charge is 0.393 e. The van der Waals surface area contributed by atoms with Gasteiger partial charge < -0.3 is 9.84 Å². The Morgan fingerprint density at radius 2 is 2.04 bits per heavy atom. The van der Waals surface area contributed by atoms with Crippen LogP contribution in [0.2, 0.25) is 0 Å². The molecule has 0 aromatic carbocycles. The topological polar surface area (TPSA) is 49.8 Å². The zero-order chi connectivity index (χ0) is 16.6. The molecule has 0 radical (unpaired) electrons. The molecule has 3 nitrogen and oxygen atoms in total. The van der Waals surface area contributed by atoms with Gasteiger partial charge in [0.2, 0.25) is 0 Å². The highest BCUT2D eigenvalue weighted by Crippen LogP contribution is 2.77. The van der Waals surface area contributed by atoms with Gasteiger partial charge in [0.1, 0.15) is 17.5 Å². The summed E-state index contributed by atoms with van der Waals surface area (Å²) in [6.45, 7) is 4.71. The number of carbonyl (C=O) groups is 1. The number of aliphatic hydroxyl groups is 1. The van der Waals surface area contributed by atoms with Crippen molar-refractivity contribution < 1.29 is 14.6 Å². The Morgan fingerprint density at radius 1 is 1.25 bits per heavy atom. The van der Waals surface area contributed by atoms with Gasteiger partial charge in [-0.25, -0.2) is 0 Å². The Kier molecular flexibility index (Phi) is 2.62. The predicted octanol–water partition coefficient (Wildman–Crippen LogP) is 3.32. The van der Waals surface area contributed by atoms with Crippen molar-refractivity contribution in [3.8, 4) is 0 Å². The van der Waals surface area contributed by atoms with E-state index in [1.807, 2.05) is 0 Å². The minimum Gasteiger partial charge on any atom is -0.393 e. The average Bonchev–Trinajstić information content (AvgIpc) is 3.43. The minimum absolute atomic E-state index is 0.0692. The van der Waals surface area contributed by atoms with Crippen molar-refractivity contribution in [1.82, 2.24) is 0 Å². The monoisotopic (exact) mass is 394 g/mol. The standard InChI is InChI=1S/C20H27BrO3/c1-18-5-4-12-13(14(18)10-7-11(10)16(18)23)15(21)17-20(24-17)8-9(22)3-6-19(12,20)2/h9-15,17,22H,3-8H2,1-2H3/t9-,10+,11-,12?,13?,14?,15-,17+,18-,19+,20+/m0/s1. The van der Waals surface area contributed by atoms with Crippen LogP contribution in [0, 0.1) is 40.4 Å². The van der Waals surface area contributed by atoms with Gasteiger partial charge in [-0.05, 0) is 55.8 Å². The third-order valence-corrected chi connectivity index (χ3v) is 10.6. The minimum atomic E-state index is -0.200. The molecule has 1 heterocycles. The van der Waals surface area contributed by atoms with E-state index in [0.29, 0.717) is 40.2 Å². The molecule has 0 aromatic heterocycles. The molecule has 4 heteroatoms. The Bertz CT molecular complexity index is 651. The number of epoxide rings is 1. The maximum atomic E-state index is 12.9. The fraction of sp³-hybridized carbons (Fsp3) is 0.950. The maximum absolute atomic E-state index is 12.9. The second-order valence-electron chi connectivity index (χ2n) is 10.2. The van der Waals surface area contributed by atoms with Crippen LogP contribution in [0.1, 0.15) is 52.4 Å². The molecule has 3 unspecified atom stereocenters. The molecule has 1 saturated heterocycles. The number of ketones is 1. The number of alkyl halides is 1. The molecule has 24 heavy (non-hydrogen) atoms. The van der Waals surface area contributed by atoms with Crippen LogP contribution in [0.4, 0.5) is 0 Å². The van der Waals surface area contributed by atoms with Crippen LogP contribution in [-0.4, -0.2) is 33.5 Å². The van der Waals surface area contributed by atoms with E-state index >= 15 is 0 Å². The fourth-order valence-corrected chi connectivity index (χ4v) is 9.47. The lowest BCUT2D eigenvalue weighted by atomic mass is 9.44. The average molecular weight is 395 g/mol. The third kappa shape index (κ3) is 1.42. The zero-order valence-electron chi connectivity index (χ0n) is 14.5. The van der Waals surface area contributed by atoms with Crippen molar-refractivity contribution in [1.29, 1.82) is 0 Å². The number of rotatable bonds is 0. The SMILES string of the molecule is C[C@]12CCC3C(C1[C@@H]1C[C@@H]1C2=O)[C@H](Br)[C@H]1O[C@]12C[C@@H](O)CC[C@]32C. The summed E-state index contributed by atoms with van der Waals surface area (Å²) in [5, 5.41) is 10.3. The van der Waals surface area contributed by atoms with Gasteiger partial charge in [0.05, 0.1) is 6.10 Å². The normalized spacial score (nSPS) is 69.1. The molecule has 1 spiro atoms. The van der Waals surface area contributed by atoms with E-state index in [9.17, 15) is 9.90 Å². The van der Waals surface area contributed by atoms with E-state index in [1.165, 1.54) is 0 Å². The van der Waals surface area contributed by atoms with Crippen molar-refractivity contribution in [2.75, 3.05) is 0 Å². The summed E-state index contributed by atoms with van der Waals surface area (Å²) in [5.74, 6) is 3.38. The summed E-state index contributed by atoms with van der Waals surface area (Å²) in [6, 6.07) is 0. The molecule has 11 atom stereocenters. The van der Waals surface area contributed by atoms with Gasteiger partial charge >= 0.3 is 0 Å². The van der Waals surface area contributed by atoms with Crippen molar-refractivity contribution in [3.63, 3.8) is 0 Å². The molecule has 1 aliphatic heterocycles. The highest BCUT2D eigenvalue weighted by atomic mass is 79.9. The van der Waals surface area contributed by atoms with Crippen molar-refractivity contribution in [2.45, 2.75) is 75.0 Å². The molecule has 6 fully saturated rings. The molecular formula is C20H27BrO3. The summed E-state index contributed by atoms with van der Waals surface area (Å²) < 4.78 is 6.41. The highest BCUT2D eigenvalue weighted by molar-refractivity contribution is 9.09. The number of fused-ring (bicyclic) bond motifs is 6. The van der Waals surface area contributed by atoms with E-state index in [-0.39, 0.29) is 28.6 Å². The number of Topliss-reactive ketones (excluding diaryl/α,β-unsaturated/α-hetero) is 1. The molecule has 0 aromatic rings. The number of hydrogen-bond acceptors (Lipinski definition) is 3. The summed E-state index contributed by atoms with van der Waals surface area (Å²) >= 11 is 4.05. The van der Waals surface area contributed by atoms with Crippen LogP contribution in [0.15, 0.2) is 0 Å². The highest BCUT2D eigenvalue weighted by Gasteiger charge is 2.81. The summed E-state index contributed by atoms with van der Waals surface area (Å²) in [4.78, 5) is 13.3. The first-order valence-corrected chi connectivity index (χ1v) is 10.8. The molecule has 0 bridgehead atoms. The number of hydrogen-bond donors (Lipinski definition) is 1. The van der Waals surface area contributed by atoms with Gasteiger partial charge in [-0.1, -0.05) is 29.8 Å². The summed E-state index contributed by atoms with van der Waals surface area (Å²) in [5.41, 5.74) is 0.0166. The first kappa shape index (κ1) is 15.2. The van der Waals surface area contributed by atoms with E-state index in [0.717, 1.165) is 38.5 Å². The molecule has 0 amide bonds. The third-order valence-electron chi connectivity index (χ3n) is 9.51. The molecule has 1 N–H and O–H groups in total. The Labute approximate surface area is 152 Å². The summed E-state index contributed by atoms with van der Waals surface area (Å²) in [7, 11) is 0. The van der Waals surface area contributed by atoms with Crippen LogP contribution in [0.3, 0.4) is 0 Å². The van der Waals surface area contributed by atoms with Crippen LogP contribution in [0.25, 0.3) is 0 Å². The number of aliphatic hydroxyl groups excluding tert-OH is 1. The fourth-order valence-electron chi connectivity index (χ4n) is 8.24. The van der Waals surface area contributed by atoms with Crippen LogP contribution >= 0.6 is 15.9 Å². The predicted molar refractivity (Wildman–Crippen MR) is 92.7 cm³/mol. The second kappa shape index (κ2) is 4.14. The van der Waals surface area contributed by atoms with Crippen molar-refractivity contribution in [3.05, 3.63) is 0 Å². The number of halogens is 1. The number of ether oxygens (including phenoxy) is 1. The van der Waals surface area contributed by atoms with Gasteiger partial charge in [-0.3, -0.25) is 4.79 Å². The lowest BCUT2D eigenvalue weighted by molar-refractivity contribution is -0.141.